The van der Waals surface area contributed by atoms with Gasteiger partial charge in [0.2, 0.25) is 0 Å². The molecule has 2 aliphatic rings. The summed E-state index contributed by atoms with van der Waals surface area (Å²) in [5.74, 6) is -0.428. The van der Waals surface area contributed by atoms with E-state index in [2.05, 4.69) is 25.3 Å². The van der Waals surface area contributed by atoms with E-state index in [1.807, 2.05) is 44.2 Å². The van der Waals surface area contributed by atoms with E-state index in [1.165, 1.54) is 10.6 Å². The van der Waals surface area contributed by atoms with Crippen molar-refractivity contribution in [2.45, 2.75) is 52.4 Å². The maximum absolute atomic E-state index is 13.5. The zero-order chi connectivity index (χ0) is 24.6. The van der Waals surface area contributed by atoms with E-state index in [9.17, 15) is 14.9 Å². The van der Waals surface area contributed by atoms with Gasteiger partial charge in [0.1, 0.15) is 5.82 Å². The predicted molar refractivity (Wildman–Crippen MR) is 131 cm³/mol. The maximum atomic E-state index is 13.5. The number of benzene rings is 2. The van der Waals surface area contributed by atoms with Gasteiger partial charge in [-0.2, -0.15) is 5.26 Å². The fourth-order valence-corrected chi connectivity index (χ4v) is 4.80. The Morgan fingerprint density at radius 1 is 1.12 bits per heavy atom. The Hall–Kier alpha value is -3.85. The highest BCUT2D eigenvalue weighted by molar-refractivity contribution is 6.00. The van der Waals surface area contributed by atoms with Crippen LogP contribution in [0.15, 0.2) is 77.3 Å². The lowest BCUT2D eigenvalue weighted by atomic mass is 9.69. The molecule has 0 bridgehead atoms. The summed E-state index contributed by atoms with van der Waals surface area (Å²) in [6, 6.07) is 19.0. The summed E-state index contributed by atoms with van der Waals surface area (Å²) in [5.41, 5.74) is 13.0. The van der Waals surface area contributed by atoms with Gasteiger partial charge < -0.3 is 5.73 Å². The van der Waals surface area contributed by atoms with Crippen molar-refractivity contribution in [2.24, 2.45) is 11.1 Å². The summed E-state index contributed by atoms with van der Waals surface area (Å²) < 4.78 is 0. The Morgan fingerprint density at radius 3 is 2.35 bits per heavy atom. The molecule has 4 rings (SSSR count). The first-order valence-electron chi connectivity index (χ1n) is 11.5. The van der Waals surface area contributed by atoms with E-state index in [1.54, 1.807) is 24.3 Å². The third-order valence-electron chi connectivity index (χ3n) is 6.57. The van der Waals surface area contributed by atoms with Crippen LogP contribution in [0.5, 0.6) is 0 Å². The van der Waals surface area contributed by atoms with Crippen LogP contribution in [-0.4, -0.2) is 16.7 Å². The second-order valence-electron chi connectivity index (χ2n) is 10.1. The molecule has 0 saturated heterocycles. The molecule has 34 heavy (non-hydrogen) atoms. The predicted octanol–water partition coefficient (Wildman–Crippen LogP) is 4.89. The minimum Gasteiger partial charge on any atom is -0.383 e. The lowest BCUT2D eigenvalue weighted by Gasteiger charge is -2.43. The minimum absolute atomic E-state index is 0.0246. The van der Waals surface area contributed by atoms with Crippen LogP contribution in [-0.2, 0) is 4.79 Å². The zero-order valence-corrected chi connectivity index (χ0v) is 20.1. The Morgan fingerprint density at radius 2 is 1.76 bits per heavy atom. The zero-order valence-electron chi connectivity index (χ0n) is 20.1. The first-order chi connectivity index (χ1) is 16.1. The van der Waals surface area contributed by atoms with Crippen molar-refractivity contribution in [1.29, 1.82) is 5.26 Å². The van der Waals surface area contributed by atoms with Crippen LogP contribution in [0, 0.1) is 16.7 Å². The molecule has 0 saturated carbocycles. The van der Waals surface area contributed by atoms with Gasteiger partial charge in [-0.1, -0.05) is 70.2 Å². The SMILES string of the molecule is CC(C)c1ccc(C2C(C#N)=C(N)N(NC(=O)c3ccccc3)C3=C2C(=O)CC(C)(C)C3)cc1. The first kappa shape index (κ1) is 23.3. The molecule has 1 unspecified atom stereocenters. The van der Waals surface area contributed by atoms with E-state index in [0.717, 1.165) is 5.56 Å². The first-order valence-corrected chi connectivity index (χ1v) is 11.5. The number of hydrogen-bond acceptors (Lipinski definition) is 5. The monoisotopic (exact) mass is 454 g/mol. The maximum Gasteiger partial charge on any atom is 0.270 e. The summed E-state index contributed by atoms with van der Waals surface area (Å²) in [7, 11) is 0. The van der Waals surface area contributed by atoms with E-state index in [-0.39, 0.29) is 28.5 Å². The largest absolute Gasteiger partial charge is 0.383 e. The van der Waals surface area contributed by atoms with Crippen LogP contribution < -0.4 is 11.2 Å². The summed E-state index contributed by atoms with van der Waals surface area (Å²) in [4.78, 5) is 26.5. The summed E-state index contributed by atoms with van der Waals surface area (Å²) in [5, 5.41) is 11.6. The number of rotatable bonds is 4. The Labute approximate surface area is 200 Å². The number of Topliss-reactive ketones (excluding diaryl/α,β-unsaturated/α-hetero) is 1. The van der Waals surface area contributed by atoms with Crippen molar-refractivity contribution >= 4 is 11.7 Å². The molecule has 1 aliphatic heterocycles. The number of ketones is 1. The Bertz CT molecular complexity index is 1230. The fraction of sp³-hybridized carbons (Fsp3) is 0.321. The van der Waals surface area contributed by atoms with E-state index in [0.29, 0.717) is 35.6 Å². The van der Waals surface area contributed by atoms with Crippen molar-refractivity contribution in [3.8, 4) is 6.07 Å². The molecule has 6 nitrogen and oxygen atoms in total. The number of amides is 1. The average molecular weight is 455 g/mol. The van der Waals surface area contributed by atoms with Gasteiger partial charge in [0.15, 0.2) is 5.78 Å². The van der Waals surface area contributed by atoms with Crippen LogP contribution in [0.3, 0.4) is 0 Å². The number of carbonyl (C=O) groups is 2. The molecule has 6 heteroatoms. The van der Waals surface area contributed by atoms with Gasteiger partial charge in [0.05, 0.1) is 23.3 Å². The molecule has 174 valence electrons. The topological polar surface area (TPSA) is 99.2 Å². The molecular formula is C28H30N4O2. The van der Waals surface area contributed by atoms with E-state index < -0.39 is 5.92 Å². The molecule has 0 aromatic heterocycles. The van der Waals surface area contributed by atoms with Crippen molar-refractivity contribution in [3.05, 3.63) is 94.0 Å². The highest BCUT2D eigenvalue weighted by atomic mass is 16.2. The summed E-state index contributed by atoms with van der Waals surface area (Å²) in [6.07, 6.45) is 0.911. The van der Waals surface area contributed by atoms with Crippen LogP contribution in [0.1, 0.15) is 73.9 Å². The molecule has 1 aliphatic carbocycles. The van der Waals surface area contributed by atoms with Gasteiger partial charge in [0, 0.05) is 17.6 Å². The number of nitrogens with one attached hydrogen (secondary N) is 1. The highest BCUT2D eigenvalue weighted by Crippen LogP contribution is 2.48. The molecular weight excluding hydrogens is 424 g/mol. The highest BCUT2D eigenvalue weighted by Gasteiger charge is 2.44. The molecule has 0 radical (unpaired) electrons. The number of nitrogens with zero attached hydrogens (tertiary/aromatic N) is 2. The second kappa shape index (κ2) is 8.83. The molecule has 1 heterocycles. The van der Waals surface area contributed by atoms with Gasteiger partial charge in [-0.25, -0.2) is 5.01 Å². The number of nitriles is 1. The standard InChI is InChI=1S/C28H30N4O2/c1-17(2)18-10-12-19(13-11-18)24-21(16-29)26(30)32(31-27(34)20-8-6-5-7-9-20)22-14-28(3,4)15-23(33)25(22)24/h5-13,17,24H,14-15,30H2,1-4H3,(H,31,34). The van der Waals surface area contributed by atoms with Crippen molar-refractivity contribution in [2.75, 3.05) is 0 Å². The smallest absolute Gasteiger partial charge is 0.270 e. The summed E-state index contributed by atoms with van der Waals surface area (Å²) in [6.45, 7) is 8.29. The van der Waals surface area contributed by atoms with Crippen molar-refractivity contribution < 1.29 is 9.59 Å². The van der Waals surface area contributed by atoms with Crippen molar-refractivity contribution in [1.82, 2.24) is 10.4 Å². The van der Waals surface area contributed by atoms with Gasteiger partial charge in [-0.05, 0) is 41.0 Å². The number of hydrazine groups is 1. The number of allylic oxidation sites excluding steroid dienone is 3. The molecule has 0 fully saturated rings. The van der Waals surface area contributed by atoms with Crippen molar-refractivity contribution in [3.63, 3.8) is 0 Å². The minimum atomic E-state index is -0.560. The van der Waals surface area contributed by atoms with Gasteiger partial charge in [-0.15, -0.1) is 0 Å². The Balaban J connectivity index is 1.84. The van der Waals surface area contributed by atoms with Gasteiger partial charge in [-0.3, -0.25) is 15.0 Å². The third-order valence-corrected chi connectivity index (χ3v) is 6.57. The van der Waals surface area contributed by atoms with Gasteiger partial charge in [0.25, 0.3) is 5.91 Å². The number of carbonyl (C=O) groups excluding carboxylic acids is 2. The molecule has 2 aromatic rings. The Kier molecular flexibility index (Phi) is 6.05. The van der Waals surface area contributed by atoms with Crippen LogP contribution in [0.2, 0.25) is 0 Å². The summed E-state index contributed by atoms with van der Waals surface area (Å²) >= 11 is 0. The second-order valence-corrected chi connectivity index (χ2v) is 10.1. The molecule has 3 N–H and O–H groups in total. The van der Waals surface area contributed by atoms with E-state index >= 15 is 0 Å². The lowest BCUT2D eigenvalue weighted by molar-refractivity contribution is -0.118. The normalized spacial score (nSPS) is 19.7. The fourth-order valence-electron chi connectivity index (χ4n) is 4.80. The third kappa shape index (κ3) is 4.22. The molecule has 1 atom stereocenters. The van der Waals surface area contributed by atoms with Crippen LogP contribution >= 0.6 is 0 Å². The molecule has 2 aromatic carbocycles. The van der Waals surface area contributed by atoms with E-state index in [4.69, 9.17) is 5.73 Å². The quantitative estimate of drug-likeness (QED) is 0.685. The van der Waals surface area contributed by atoms with Crippen LogP contribution in [0.4, 0.5) is 0 Å². The molecule has 0 spiro atoms. The average Bonchev–Trinajstić information content (AvgIpc) is 2.80. The van der Waals surface area contributed by atoms with Gasteiger partial charge >= 0.3 is 0 Å². The number of nitrogens with two attached hydrogens (primary N) is 1. The van der Waals surface area contributed by atoms with Crippen LogP contribution in [0.25, 0.3) is 0 Å². The lowest BCUT2D eigenvalue weighted by Crippen LogP contribution is -2.49. The molecule has 1 amide bonds. The number of hydrogen-bond donors (Lipinski definition) is 2.